The van der Waals surface area contributed by atoms with E-state index in [1.54, 1.807) is 49.9 Å². The molecule has 1 saturated heterocycles. The van der Waals surface area contributed by atoms with Crippen LogP contribution in [-0.4, -0.2) is 54.1 Å². The Morgan fingerprint density at radius 1 is 1.25 bits per heavy atom. The zero-order valence-corrected chi connectivity index (χ0v) is 16.6. The molecule has 1 heterocycles. The molecule has 1 aromatic carbocycles. The Morgan fingerprint density at radius 3 is 2.54 bits per heavy atom. The number of ether oxygens (including phenoxy) is 1. The zero-order valence-electron chi connectivity index (χ0n) is 16.6. The standard InChI is InChI=1S/C19H26N4O5/c1-5-19(4)17(26)23(18(27)20-19)21-15(24)12-22(6-2)14-10-8-9-13(11-14)16(25)28-7-3/h8-11H,5-7,12H2,1-4H3,(H,20,27)(H,21,24)/t19-/m1/s1. The van der Waals surface area contributed by atoms with Crippen LogP contribution >= 0.6 is 0 Å². The molecule has 1 aliphatic rings. The smallest absolute Gasteiger partial charge is 0.344 e. The Kier molecular flexibility index (Phi) is 6.61. The number of rotatable bonds is 8. The predicted octanol–water partition coefficient (Wildman–Crippen LogP) is 1.44. The van der Waals surface area contributed by atoms with Crippen molar-refractivity contribution in [1.29, 1.82) is 0 Å². The lowest BCUT2D eigenvalue weighted by atomic mass is 10.00. The molecule has 0 saturated carbocycles. The van der Waals surface area contributed by atoms with Gasteiger partial charge in [-0.3, -0.25) is 15.0 Å². The highest BCUT2D eigenvalue weighted by molar-refractivity contribution is 6.07. The fourth-order valence-electron chi connectivity index (χ4n) is 2.79. The van der Waals surface area contributed by atoms with Gasteiger partial charge >= 0.3 is 12.0 Å². The van der Waals surface area contributed by atoms with Crippen molar-refractivity contribution in [2.75, 3.05) is 24.6 Å². The van der Waals surface area contributed by atoms with E-state index in [0.29, 0.717) is 29.2 Å². The number of imide groups is 1. The molecule has 2 N–H and O–H groups in total. The number of hydrogen-bond acceptors (Lipinski definition) is 6. The van der Waals surface area contributed by atoms with Gasteiger partial charge in [0.1, 0.15) is 5.54 Å². The van der Waals surface area contributed by atoms with E-state index in [1.807, 2.05) is 6.92 Å². The van der Waals surface area contributed by atoms with Crippen molar-refractivity contribution in [2.45, 2.75) is 39.7 Å². The number of nitrogens with zero attached hydrogens (tertiary/aromatic N) is 2. The van der Waals surface area contributed by atoms with Crippen LogP contribution in [-0.2, 0) is 14.3 Å². The minimum absolute atomic E-state index is 0.0946. The molecule has 9 nitrogen and oxygen atoms in total. The molecule has 2 rings (SSSR count). The maximum absolute atomic E-state index is 12.4. The van der Waals surface area contributed by atoms with E-state index < -0.39 is 29.4 Å². The molecule has 0 aromatic heterocycles. The van der Waals surface area contributed by atoms with Crippen LogP contribution in [0.15, 0.2) is 24.3 Å². The van der Waals surface area contributed by atoms with Crippen molar-refractivity contribution in [1.82, 2.24) is 15.8 Å². The number of carbonyl (C=O) groups excluding carboxylic acids is 4. The van der Waals surface area contributed by atoms with Crippen LogP contribution in [0.25, 0.3) is 0 Å². The third-order valence-corrected chi connectivity index (χ3v) is 4.64. The monoisotopic (exact) mass is 390 g/mol. The van der Waals surface area contributed by atoms with E-state index in [-0.39, 0.29) is 13.2 Å². The van der Waals surface area contributed by atoms with Gasteiger partial charge in [0.25, 0.3) is 11.8 Å². The molecular formula is C19H26N4O5. The van der Waals surface area contributed by atoms with Gasteiger partial charge in [-0.2, -0.15) is 5.01 Å². The van der Waals surface area contributed by atoms with Crippen LogP contribution in [0.1, 0.15) is 44.5 Å². The van der Waals surface area contributed by atoms with Gasteiger partial charge in [-0.15, -0.1) is 0 Å². The molecule has 4 amide bonds. The summed E-state index contributed by atoms with van der Waals surface area (Å²) in [5.41, 5.74) is 2.37. The van der Waals surface area contributed by atoms with E-state index >= 15 is 0 Å². The van der Waals surface area contributed by atoms with E-state index in [1.165, 1.54) is 0 Å². The molecule has 1 atom stereocenters. The van der Waals surface area contributed by atoms with Crippen molar-refractivity contribution < 1.29 is 23.9 Å². The zero-order chi connectivity index (χ0) is 20.9. The minimum atomic E-state index is -1.03. The Hall–Kier alpha value is -3.10. The fourth-order valence-corrected chi connectivity index (χ4v) is 2.79. The van der Waals surface area contributed by atoms with Crippen LogP contribution < -0.4 is 15.6 Å². The second kappa shape index (κ2) is 8.73. The van der Waals surface area contributed by atoms with Gasteiger partial charge in [0, 0.05) is 12.2 Å². The predicted molar refractivity (Wildman–Crippen MR) is 103 cm³/mol. The number of nitrogens with one attached hydrogen (secondary N) is 2. The fraction of sp³-hybridized carbons (Fsp3) is 0.474. The number of amides is 4. The highest BCUT2D eigenvalue weighted by Crippen LogP contribution is 2.20. The molecule has 0 bridgehead atoms. The summed E-state index contributed by atoms with van der Waals surface area (Å²) in [5, 5.41) is 3.29. The van der Waals surface area contributed by atoms with Crippen LogP contribution in [0.5, 0.6) is 0 Å². The average Bonchev–Trinajstić information content (AvgIpc) is 2.90. The third kappa shape index (κ3) is 4.41. The van der Waals surface area contributed by atoms with Gasteiger partial charge in [0.15, 0.2) is 0 Å². The molecule has 0 unspecified atom stereocenters. The first kappa shape index (κ1) is 21.2. The Labute approximate surface area is 164 Å². The molecule has 1 aliphatic heterocycles. The van der Waals surface area contributed by atoms with Crippen LogP contribution in [0.3, 0.4) is 0 Å². The van der Waals surface area contributed by atoms with Gasteiger partial charge in [-0.05, 0) is 45.4 Å². The quantitative estimate of drug-likeness (QED) is 0.514. The normalized spacial score (nSPS) is 18.6. The summed E-state index contributed by atoms with van der Waals surface area (Å²) in [6.07, 6.45) is 0.408. The van der Waals surface area contributed by atoms with Crippen molar-refractivity contribution in [2.24, 2.45) is 0 Å². The Bertz CT molecular complexity index is 781. The number of hydrogen-bond donors (Lipinski definition) is 2. The van der Waals surface area contributed by atoms with Crippen LogP contribution in [0.4, 0.5) is 10.5 Å². The molecule has 1 fully saturated rings. The molecule has 1 aromatic rings. The van der Waals surface area contributed by atoms with Crippen LogP contribution in [0.2, 0.25) is 0 Å². The van der Waals surface area contributed by atoms with E-state index in [9.17, 15) is 19.2 Å². The van der Waals surface area contributed by atoms with E-state index in [2.05, 4.69) is 10.7 Å². The minimum Gasteiger partial charge on any atom is -0.462 e. The van der Waals surface area contributed by atoms with Gasteiger partial charge < -0.3 is 15.0 Å². The van der Waals surface area contributed by atoms with Crippen molar-refractivity contribution in [3.8, 4) is 0 Å². The maximum Gasteiger partial charge on any atom is 0.344 e. The second-order valence-corrected chi connectivity index (χ2v) is 6.58. The number of likely N-dealkylation sites (N-methyl/N-ethyl adjacent to an activating group) is 1. The van der Waals surface area contributed by atoms with Gasteiger partial charge in [0.05, 0.1) is 18.7 Å². The largest absolute Gasteiger partial charge is 0.462 e. The van der Waals surface area contributed by atoms with Crippen molar-refractivity contribution in [3.05, 3.63) is 29.8 Å². The number of hydrazine groups is 1. The lowest BCUT2D eigenvalue weighted by Gasteiger charge is -2.24. The third-order valence-electron chi connectivity index (χ3n) is 4.64. The maximum atomic E-state index is 12.4. The summed E-state index contributed by atoms with van der Waals surface area (Å²) in [4.78, 5) is 50.5. The first-order chi connectivity index (χ1) is 13.3. The molecule has 9 heteroatoms. The highest BCUT2D eigenvalue weighted by Gasteiger charge is 2.47. The highest BCUT2D eigenvalue weighted by atomic mass is 16.5. The first-order valence-corrected chi connectivity index (χ1v) is 9.24. The molecule has 28 heavy (non-hydrogen) atoms. The molecular weight excluding hydrogens is 364 g/mol. The summed E-state index contributed by atoms with van der Waals surface area (Å²) in [5.74, 6) is -1.46. The number of anilines is 1. The van der Waals surface area contributed by atoms with Crippen molar-refractivity contribution in [3.63, 3.8) is 0 Å². The number of carbonyl (C=O) groups is 4. The topological polar surface area (TPSA) is 108 Å². The second-order valence-electron chi connectivity index (χ2n) is 6.58. The summed E-state index contributed by atoms with van der Waals surface area (Å²) in [6, 6.07) is 6.08. The summed E-state index contributed by atoms with van der Waals surface area (Å²) >= 11 is 0. The molecule has 152 valence electrons. The first-order valence-electron chi connectivity index (χ1n) is 9.24. The number of esters is 1. The molecule has 0 radical (unpaired) electrons. The van der Waals surface area contributed by atoms with E-state index in [0.717, 1.165) is 0 Å². The number of urea groups is 1. The summed E-state index contributed by atoms with van der Waals surface area (Å²) in [6.45, 7) is 7.62. The molecule has 0 spiro atoms. The lowest BCUT2D eigenvalue weighted by Crippen LogP contribution is -2.51. The summed E-state index contributed by atoms with van der Waals surface area (Å²) in [7, 11) is 0. The summed E-state index contributed by atoms with van der Waals surface area (Å²) < 4.78 is 4.99. The molecule has 0 aliphatic carbocycles. The van der Waals surface area contributed by atoms with Gasteiger partial charge in [-0.1, -0.05) is 13.0 Å². The Morgan fingerprint density at radius 2 is 1.96 bits per heavy atom. The van der Waals surface area contributed by atoms with Gasteiger partial charge in [0.2, 0.25) is 0 Å². The van der Waals surface area contributed by atoms with E-state index in [4.69, 9.17) is 4.74 Å². The average molecular weight is 390 g/mol. The number of benzene rings is 1. The Balaban J connectivity index is 2.08. The van der Waals surface area contributed by atoms with Crippen molar-refractivity contribution >= 4 is 29.5 Å². The van der Waals surface area contributed by atoms with Gasteiger partial charge in [-0.25, -0.2) is 9.59 Å². The lowest BCUT2D eigenvalue weighted by molar-refractivity contribution is -0.138. The SMILES string of the molecule is CCOC(=O)c1cccc(N(CC)CC(=O)NN2C(=O)N[C@](C)(CC)C2=O)c1. The van der Waals surface area contributed by atoms with Crippen LogP contribution in [0, 0.1) is 0 Å².